The molecule has 1 nitrogen and oxygen atoms in total. The second kappa shape index (κ2) is 4.70. The summed E-state index contributed by atoms with van der Waals surface area (Å²) in [6, 6.07) is 5.12. The lowest BCUT2D eigenvalue weighted by atomic mass is 9.85. The molecule has 1 heterocycles. The summed E-state index contributed by atoms with van der Waals surface area (Å²) in [5.74, 6) is 0. The second-order valence-electron chi connectivity index (χ2n) is 7.05. The van der Waals surface area contributed by atoms with Gasteiger partial charge in [-0.3, -0.25) is 4.90 Å². The molecule has 1 unspecified atom stereocenters. The van der Waals surface area contributed by atoms with Gasteiger partial charge >= 0.3 is 0 Å². The molecule has 0 bridgehead atoms. The lowest BCUT2D eigenvalue weighted by molar-refractivity contribution is 0.138. The topological polar surface area (TPSA) is 3.24 Å². The van der Waals surface area contributed by atoms with Gasteiger partial charge in [0, 0.05) is 19.1 Å². The minimum atomic E-state index is 0.378. The molecule has 1 aliphatic heterocycles. The van der Waals surface area contributed by atoms with E-state index in [0.29, 0.717) is 11.5 Å². The molecule has 0 aromatic heterocycles. The number of aryl methyl sites for hydroxylation is 2. The molecule has 1 heteroatoms. The summed E-state index contributed by atoms with van der Waals surface area (Å²) in [5, 5.41) is 0. The van der Waals surface area contributed by atoms with Gasteiger partial charge in [0.25, 0.3) is 0 Å². The molecule has 0 N–H and O–H groups in total. The average Bonchev–Trinajstić information content (AvgIpc) is 2.25. The quantitative estimate of drug-likeness (QED) is 0.714. The zero-order valence-electron chi connectivity index (χ0n) is 12.8. The minimum Gasteiger partial charge on any atom is -0.296 e. The van der Waals surface area contributed by atoms with Crippen LogP contribution in [0, 0.1) is 19.3 Å². The van der Waals surface area contributed by atoms with Crippen LogP contribution < -0.4 is 0 Å². The standard InChI is InChI=1S/C17H27N/c1-12-7-8-13(2)16-14(3)18(10-9-15(12)16)11-17(4,5)6/h7-8,14H,9-11H2,1-6H3. The SMILES string of the molecule is Cc1ccc(C)c2c1CCN(CC(C)(C)C)C2C. The van der Waals surface area contributed by atoms with Crippen molar-refractivity contribution in [2.45, 2.75) is 54.0 Å². The van der Waals surface area contributed by atoms with Gasteiger partial charge in [-0.05, 0) is 54.9 Å². The fourth-order valence-corrected chi connectivity index (χ4v) is 3.26. The van der Waals surface area contributed by atoms with Crippen molar-refractivity contribution in [3.63, 3.8) is 0 Å². The Kier molecular flexibility index (Phi) is 3.55. The minimum absolute atomic E-state index is 0.378. The fraction of sp³-hybridized carbons (Fsp3) is 0.647. The van der Waals surface area contributed by atoms with Gasteiger partial charge in [-0.25, -0.2) is 0 Å². The van der Waals surface area contributed by atoms with E-state index >= 15 is 0 Å². The molecule has 1 aromatic carbocycles. The van der Waals surface area contributed by atoms with Crippen molar-refractivity contribution in [2.75, 3.05) is 13.1 Å². The molecule has 0 aliphatic carbocycles. The van der Waals surface area contributed by atoms with Crippen LogP contribution in [-0.2, 0) is 6.42 Å². The summed E-state index contributed by atoms with van der Waals surface area (Å²) in [6.45, 7) is 16.3. The van der Waals surface area contributed by atoms with E-state index in [2.05, 4.69) is 58.6 Å². The van der Waals surface area contributed by atoms with Crippen molar-refractivity contribution in [1.82, 2.24) is 4.90 Å². The molecule has 0 amide bonds. The molecule has 18 heavy (non-hydrogen) atoms. The molecule has 0 saturated carbocycles. The lowest BCUT2D eigenvalue weighted by Gasteiger charge is -2.40. The molecule has 1 atom stereocenters. The van der Waals surface area contributed by atoms with Gasteiger partial charge in [-0.15, -0.1) is 0 Å². The van der Waals surface area contributed by atoms with Crippen LogP contribution in [0.15, 0.2) is 12.1 Å². The van der Waals surface area contributed by atoms with E-state index in [-0.39, 0.29) is 0 Å². The summed E-state index contributed by atoms with van der Waals surface area (Å²) < 4.78 is 0. The predicted octanol–water partition coefficient (Wildman–Crippen LogP) is 4.27. The van der Waals surface area contributed by atoms with Crippen LogP contribution in [0.5, 0.6) is 0 Å². The van der Waals surface area contributed by atoms with Gasteiger partial charge < -0.3 is 0 Å². The van der Waals surface area contributed by atoms with Crippen molar-refractivity contribution >= 4 is 0 Å². The highest BCUT2D eigenvalue weighted by Gasteiger charge is 2.28. The van der Waals surface area contributed by atoms with Crippen molar-refractivity contribution in [3.05, 3.63) is 34.4 Å². The molecule has 0 spiro atoms. The van der Waals surface area contributed by atoms with Crippen LogP contribution >= 0.6 is 0 Å². The van der Waals surface area contributed by atoms with E-state index in [1.54, 1.807) is 11.1 Å². The first-order valence-corrected chi connectivity index (χ1v) is 7.12. The van der Waals surface area contributed by atoms with Gasteiger partial charge in [0.2, 0.25) is 0 Å². The van der Waals surface area contributed by atoms with Crippen molar-refractivity contribution in [3.8, 4) is 0 Å². The molecule has 1 aromatic rings. The lowest BCUT2D eigenvalue weighted by Crippen LogP contribution is -2.40. The monoisotopic (exact) mass is 245 g/mol. The van der Waals surface area contributed by atoms with Crippen LogP contribution in [0.25, 0.3) is 0 Å². The molecule has 0 radical (unpaired) electrons. The van der Waals surface area contributed by atoms with Crippen LogP contribution in [0.3, 0.4) is 0 Å². The summed E-state index contributed by atoms with van der Waals surface area (Å²) in [5.41, 5.74) is 6.50. The highest BCUT2D eigenvalue weighted by molar-refractivity contribution is 5.43. The molecule has 1 aliphatic rings. The smallest absolute Gasteiger partial charge is 0.0325 e. The zero-order chi connectivity index (χ0) is 13.5. The van der Waals surface area contributed by atoms with Crippen LogP contribution in [-0.4, -0.2) is 18.0 Å². The molecule has 0 saturated heterocycles. The van der Waals surface area contributed by atoms with Gasteiger partial charge in [-0.2, -0.15) is 0 Å². The van der Waals surface area contributed by atoms with Gasteiger partial charge in [-0.1, -0.05) is 32.9 Å². The third kappa shape index (κ3) is 2.61. The Balaban J connectivity index is 2.33. The summed E-state index contributed by atoms with van der Waals surface area (Å²) in [6.07, 6.45) is 1.21. The third-order valence-electron chi connectivity index (χ3n) is 4.10. The van der Waals surface area contributed by atoms with E-state index in [0.717, 1.165) is 0 Å². The van der Waals surface area contributed by atoms with Crippen molar-refractivity contribution in [2.24, 2.45) is 5.41 Å². The maximum Gasteiger partial charge on any atom is 0.0325 e. The molecular formula is C17H27N. The Morgan fingerprint density at radius 3 is 2.39 bits per heavy atom. The van der Waals surface area contributed by atoms with E-state index in [1.165, 1.54) is 30.6 Å². The highest BCUT2D eigenvalue weighted by atomic mass is 15.2. The summed E-state index contributed by atoms with van der Waals surface area (Å²) in [4.78, 5) is 2.65. The molecule has 0 fully saturated rings. The van der Waals surface area contributed by atoms with E-state index in [9.17, 15) is 0 Å². The van der Waals surface area contributed by atoms with Gasteiger partial charge in [0.05, 0.1) is 0 Å². The fourth-order valence-electron chi connectivity index (χ4n) is 3.26. The Hall–Kier alpha value is -0.820. The van der Waals surface area contributed by atoms with Crippen LogP contribution in [0.4, 0.5) is 0 Å². The largest absolute Gasteiger partial charge is 0.296 e. The van der Waals surface area contributed by atoms with E-state index in [1.807, 2.05) is 0 Å². The normalized spacial score (nSPS) is 20.9. The second-order valence-corrected chi connectivity index (χ2v) is 7.05. The summed E-state index contributed by atoms with van der Waals surface area (Å²) in [7, 11) is 0. The molecular weight excluding hydrogens is 218 g/mol. The first-order chi connectivity index (χ1) is 8.29. The van der Waals surface area contributed by atoms with Gasteiger partial charge in [0.1, 0.15) is 0 Å². The first-order valence-electron chi connectivity index (χ1n) is 7.12. The molecule has 2 rings (SSSR count). The van der Waals surface area contributed by atoms with Gasteiger partial charge in [0.15, 0.2) is 0 Å². The Morgan fingerprint density at radius 1 is 1.17 bits per heavy atom. The number of hydrogen-bond donors (Lipinski definition) is 0. The summed E-state index contributed by atoms with van der Waals surface area (Å²) >= 11 is 0. The molecule has 100 valence electrons. The van der Waals surface area contributed by atoms with Crippen LogP contribution in [0.2, 0.25) is 0 Å². The average molecular weight is 245 g/mol. The number of nitrogens with zero attached hydrogens (tertiary/aromatic N) is 1. The Morgan fingerprint density at radius 2 is 1.78 bits per heavy atom. The number of rotatable bonds is 1. The maximum absolute atomic E-state index is 2.65. The van der Waals surface area contributed by atoms with E-state index in [4.69, 9.17) is 0 Å². The maximum atomic E-state index is 2.65. The number of fused-ring (bicyclic) bond motifs is 1. The van der Waals surface area contributed by atoms with Crippen LogP contribution in [0.1, 0.15) is 56.0 Å². The first kappa shape index (κ1) is 13.6. The Labute approximate surface area is 112 Å². The van der Waals surface area contributed by atoms with Crippen molar-refractivity contribution in [1.29, 1.82) is 0 Å². The third-order valence-corrected chi connectivity index (χ3v) is 4.10. The van der Waals surface area contributed by atoms with Crippen molar-refractivity contribution < 1.29 is 0 Å². The Bertz CT molecular complexity index is 440. The van der Waals surface area contributed by atoms with E-state index < -0.39 is 0 Å². The predicted molar refractivity (Wildman–Crippen MR) is 79.1 cm³/mol. The zero-order valence-corrected chi connectivity index (χ0v) is 12.8. The number of hydrogen-bond acceptors (Lipinski definition) is 1. The number of benzene rings is 1. The highest BCUT2D eigenvalue weighted by Crippen LogP contribution is 2.35.